The van der Waals surface area contributed by atoms with Gasteiger partial charge in [0, 0.05) is 26.5 Å². The minimum atomic E-state index is -4.28. The Bertz CT molecular complexity index is 1820. The van der Waals surface area contributed by atoms with Crippen molar-refractivity contribution in [2.75, 3.05) is 0 Å². The van der Waals surface area contributed by atoms with Crippen LogP contribution in [-0.2, 0) is 26.0 Å². The summed E-state index contributed by atoms with van der Waals surface area (Å²) >= 11 is 16.0. The molecule has 1 aliphatic rings. The van der Waals surface area contributed by atoms with Crippen LogP contribution in [0.1, 0.15) is 35.2 Å². The molecule has 226 valence electrons. The van der Waals surface area contributed by atoms with E-state index in [0.29, 0.717) is 21.2 Å². The van der Waals surface area contributed by atoms with Gasteiger partial charge in [-0.05, 0) is 71.6 Å². The van der Waals surface area contributed by atoms with Gasteiger partial charge in [0.1, 0.15) is 6.04 Å². The Balaban J connectivity index is 1.65. The molecular weight excluding hydrogens is 687 g/mol. The van der Waals surface area contributed by atoms with Crippen LogP contribution >= 0.6 is 39.1 Å². The third-order valence-corrected chi connectivity index (χ3v) is 10.2. The summed E-state index contributed by atoms with van der Waals surface area (Å²) in [7, 11) is -4.28. The number of nitrogens with zero attached hydrogens (tertiary/aromatic N) is 1. The molecule has 0 aromatic heterocycles. The zero-order valence-electron chi connectivity index (χ0n) is 23.1. The van der Waals surface area contributed by atoms with E-state index in [-0.39, 0.29) is 23.3 Å². The summed E-state index contributed by atoms with van der Waals surface area (Å²) in [4.78, 5) is 26.2. The normalized spacial score (nSPS) is 17.8. The first-order valence-corrected chi connectivity index (χ1v) is 16.6. The largest absolute Gasteiger partial charge is 0.480 e. The molecule has 0 saturated carbocycles. The van der Waals surface area contributed by atoms with Gasteiger partial charge < -0.3 is 10.4 Å². The van der Waals surface area contributed by atoms with Crippen molar-refractivity contribution in [3.05, 3.63) is 146 Å². The fourth-order valence-corrected chi connectivity index (χ4v) is 7.83. The van der Waals surface area contributed by atoms with E-state index in [1.54, 1.807) is 54.6 Å². The maximum atomic E-state index is 14.6. The number of aliphatic carboxylic acids is 1. The standard InChI is InChI=1S/C33H27BrCl2N2O5S/c34-24-10-4-8-22(19-24)30-17-16-28(32(39)37-29(33(40)41)18-21-6-2-1-3-7-21)31(23-9-5-11-26(36)20-23)38(30)44(42,43)27-14-12-25(35)13-15-27/h1-16,19-20,29-31H,17-18H2,(H,37,39)(H,40,41)/t29-,30?,31?/m0/s1. The highest BCUT2D eigenvalue weighted by Crippen LogP contribution is 2.46. The molecule has 1 amide bonds. The molecule has 0 bridgehead atoms. The first kappa shape index (κ1) is 31.9. The van der Waals surface area contributed by atoms with E-state index in [1.165, 1.54) is 28.6 Å². The predicted molar refractivity (Wildman–Crippen MR) is 174 cm³/mol. The number of hydrogen-bond acceptors (Lipinski definition) is 4. The van der Waals surface area contributed by atoms with E-state index in [0.717, 1.165) is 10.0 Å². The van der Waals surface area contributed by atoms with Gasteiger partial charge in [0.2, 0.25) is 15.9 Å². The number of benzene rings is 4. The van der Waals surface area contributed by atoms with Gasteiger partial charge in [-0.2, -0.15) is 4.31 Å². The van der Waals surface area contributed by atoms with Crippen LogP contribution in [0.5, 0.6) is 0 Å². The van der Waals surface area contributed by atoms with E-state index in [4.69, 9.17) is 23.2 Å². The van der Waals surface area contributed by atoms with Gasteiger partial charge in [0.15, 0.2) is 0 Å². The minimum absolute atomic E-state index is 0.0110. The van der Waals surface area contributed by atoms with Crippen molar-refractivity contribution < 1.29 is 23.1 Å². The zero-order valence-corrected chi connectivity index (χ0v) is 27.0. The molecule has 0 aliphatic carbocycles. The Kier molecular flexibility index (Phi) is 9.92. The summed E-state index contributed by atoms with van der Waals surface area (Å²) in [5, 5.41) is 13.4. The molecule has 4 aromatic carbocycles. The topological polar surface area (TPSA) is 104 Å². The number of carboxylic acid groups (broad SMARTS) is 1. The summed E-state index contributed by atoms with van der Waals surface area (Å²) in [6.07, 6.45) is 1.88. The van der Waals surface area contributed by atoms with Gasteiger partial charge in [0.05, 0.1) is 17.0 Å². The smallest absolute Gasteiger partial charge is 0.326 e. The van der Waals surface area contributed by atoms with Gasteiger partial charge in [0.25, 0.3) is 0 Å². The van der Waals surface area contributed by atoms with Gasteiger partial charge in [-0.15, -0.1) is 0 Å². The van der Waals surface area contributed by atoms with Crippen molar-refractivity contribution in [2.24, 2.45) is 0 Å². The van der Waals surface area contributed by atoms with E-state index in [1.807, 2.05) is 30.3 Å². The number of carbonyl (C=O) groups excluding carboxylic acids is 1. The summed E-state index contributed by atoms with van der Waals surface area (Å²) in [6.45, 7) is 0. The first-order valence-electron chi connectivity index (χ1n) is 13.6. The molecule has 7 nitrogen and oxygen atoms in total. The van der Waals surface area contributed by atoms with Gasteiger partial charge in [-0.3, -0.25) is 4.79 Å². The second-order valence-corrected chi connectivity index (χ2v) is 13.9. The lowest BCUT2D eigenvalue weighted by Gasteiger charge is -2.41. The average molecular weight is 714 g/mol. The second kappa shape index (κ2) is 13.7. The molecule has 5 rings (SSSR count). The third kappa shape index (κ3) is 7.08. The van der Waals surface area contributed by atoms with Gasteiger partial charge in [-0.1, -0.05) is 99.8 Å². The van der Waals surface area contributed by atoms with E-state index >= 15 is 0 Å². The molecule has 0 radical (unpaired) electrons. The second-order valence-electron chi connectivity index (χ2n) is 10.3. The van der Waals surface area contributed by atoms with Crippen LogP contribution in [0.25, 0.3) is 0 Å². The van der Waals surface area contributed by atoms with Crippen molar-refractivity contribution in [2.45, 2.75) is 35.9 Å². The highest BCUT2D eigenvalue weighted by atomic mass is 79.9. The van der Waals surface area contributed by atoms with Gasteiger partial charge in [-0.25, -0.2) is 13.2 Å². The third-order valence-electron chi connectivity index (χ3n) is 7.35. The molecule has 3 atom stereocenters. The number of carbonyl (C=O) groups is 2. The van der Waals surface area contributed by atoms with E-state index in [2.05, 4.69) is 21.2 Å². The van der Waals surface area contributed by atoms with E-state index < -0.39 is 40.0 Å². The molecule has 0 saturated heterocycles. The van der Waals surface area contributed by atoms with Crippen molar-refractivity contribution in [3.63, 3.8) is 0 Å². The quantitative estimate of drug-likeness (QED) is 0.189. The molecule has 1 heterocycles. The molecule has 11 heteroatoms. The Morgan fingerprint density at radius 2 is 1.57 bits per heavy atom. The number of amides is 1. The van der Waals surface area contributed by atoms with Crippen LogP contribution < -0.4 is 5.32 Å². The van der Waals surface area contributed by atoms with Crippen LogP contribution in [0.15, 0.2) is 124 Å². The number of hydrogen-bond donors (Lipinski definition) is 2. The molecule has 2 N–H and O–H groups in total. The fraction of sp³-hybridized carbons (Fsp3) is 0.152. The summed E-state index contributed by atoms with van der Waals surface area (Å²) in [6, 6.07) is 25.6. The SMILES string of the molecule is O=C(N[C@@H](Cc1ccccc1)C(=O)O)C1=CCC(c2cccc(Br)c2)N(S(=O)(=O)c2ccc(Cl)cc2)C1c1cccc(Cl)c1. The average Bonchev–Trinajstić information content (AvgIpc) is 3.00. The lowest BCUT2D eigenvalue weighted by Crippen LogP contribution is -2.48. The molecule has 44 heavy (non-hydrogen) atoms. The van der Waals surface area contributed by atoms with Crippen LogP contribution in [0.2, 0.25) is 10.0 Å². The van der Waals surface area contributed by atoms with E-state index in [9.17, 15) is 23.1 Å². The van der Waals surface area contributed by atoms with Gasteiger partial charge >= 0.3 is 5.97 Å². The molecule has 4 aromatic rings. The number of nitrogens with one attached hydrogen (secondary N) is 1. The fourth-order valence-electron chi connectivity index (χ4n) is 5.31. The zero-order chi connectivity index (χ0) is 31.4. The lowest BCUT2D eigenvalue weighted by atomic mass is 9.88. The Labute approximate surface area is 274 Å². The highest BCUT2D eigenvalue weighted by Gasteiger charge is 2.45. The Morgan fingerprint density at radius 1 is 0.886 bits per heavy atom. The van der Waals surface area contributed by atoms with Crippen molar-refractivity contribution >= 4 is 61.0 Å². The molecule has 0 spiro atoms. The van der Waals surface area contributed by atoms with Crippen LogP contribution in [0, 0.1) is 0 Å². The maximum Gasteiger partial charge on any atom is 0.326 e. The molecule has 2 unspecified atom stereocenters. The highest BCUT2D eigenvalue weighted by molar-refractivity contribution is 9.10. The maximum absolute atomic E-state index is 14.6. The molecule has 1 aliphatic heterocycles. The molecular formula is C33H27BrCl2N2O5S. The number of sulfonamides is 1. The summed E-state index contributed by atoms with van der Waals surface area (Å²) in [5.41, 5.74) is 1.97. The number of rotatable bonds is 9. The van der Waals surface area contributed by atoms with Crippen molar-refractivity contribution in [3.8, 4) is 0 Å². The predicted octanol–water partition coefficient (Wildman–Crippen LogP) is 7.37. The Morgan fingerprint density at radius 3 is 2.23 bits per heavy atom. The lowest BCUT2D eigenvalue weighted by molar-refractivity contribution is -0.141. The number of halogens is 3. The number of carboxylic acids is 1. The first-order chi connectivity index (χ1) is 21.0. The monoisotopic (exact) mass is 712 g/mol. The minimum Gasteiger partial charge on any atom is -0.480 e. The Hall–Kier alpha value is -3.47. The summed E-state index contributed by atoms with van der Waals surface area (Å²) in [5.74, 6) is -1.90. The van der Waals surface area contributed by atoms with Crippen molar-refractivity contribution in [1.29, 1.82) is 0 Å². The van der Waals surface area contributed by atoms with Crippen LogP contribution in [0.3, 0.4) is 0 Å². The van der Waals surface area contributed by atoms with Crippen molar-refractivity contribution in [1.82, 2.24) is 9.62 Å². The molecule has 0 fully saturated rings. The van der Waals surface area contributed by atoms with Crippen LogP contribution in [0.4, 0.5) is 0 Å². The van der Waals surface area contributed by atoms with Crippen LogP contribution in [-0.4, -0.2) is 35.7 Å². The summed E-state index contributed by atoms with van der Waals surface area (Å²) < 4.78 is 31.2.